The molecule has 1 aliphatic rings. The molecular formula is C14H16BrFN4O. The lowest BCUT2D eigenvalue weighted by Crippen LogP contribution is -2.15. The number of aromatic nitrogens is 3. The van der Waals surface area contributed by atoms with Gasteiger partial charge >= 0.3 is 0 Å². The van der Waals surface area contributed by atoms with Crippen molar-refractivity contribution >= 4 is 15.9 Å². The fourth-order valence-electron chi connectivity index (χ4n) is 1.90. The van der Waals surface area contributed by atoms with E-state index in [9.17, 15) is 4.39 Å². The minimum Gasteiger partial charge on any atom is -0.490 e. The molecule has 1 fully saturated rings. The zero-order valence-electron chi connectivity index (χ0n) is 11.4. The van der Waals surface area contributed by atoms with Crippen LogP contribution in [0.4, 0.5) is 4.39 Å². The predicted octanol–water partition coefficient (Wildman–Crippen LogP) is 2.51. The summed E-state index contributed by atoms with van der Waals surface area (Å²) in [4.78, 5) is 0. The van der Waals surface area contributed by atoms with Gasteiger partial charge in [0.1, 0.15) is 18.2 Å². The second-order valence-corrected chi connectivity index (χ2v) is 5.91. The fourth-order valence-corrected chi connectivity index (χ4v) is 2.26. The van der Waals surface area contributed by atoms with Crippen LogP contribution in [0.15, 0.2) is 28.9 Å². The molecule has 1 aliphatic carbocycles. The molecule has 0 spiro atoms. The molecule has 1 N–H and O–H groups in total. The van der Waals surface area contributed by atoms with Gasteiger partial charge in [-0.2, -0.15) is 0 Å². The van der Waals surface area contributed by atoms with Gasteiger partial charge in [0.15, 0.2) is 0 Å². The number of benzene rings is 1. The third-order valence-corrected chi connectivity index (χ3v) is 3.86. The van der Waals surface area contributed by atoms with Crippen LogP contribution in [0, 0.1) is 5.82 Å². The summed E-state index contributed by atoms with van der Waals surface area (Å²) in [7, 11) is 0. The molecule has 1 aromatic carbocycles. The molecule has 0 aliphatic heterocycles. The average Bonchev–Trinajstić information content (AvgIpc) is 3.20. The van der Waals surface area contributed by atoms with Crippen LogP contribution < -0.4 is 10.1 Å². The number of halogens is 2. The van der Waals surface area contributed by atoms with Crippen molar-refractivity contribution < 1.29 is 9.13 Å². The summed E-state index contributed by atoms with van der Waals surface area (Å²) in [5, 5.41) is 11.5. The van der Waals surface area contributed by atoms with Crippen LogP contribution >= 0.6 is 15.9 Å². The van der Waals surface area contributed by atoms with Crippen LogP contribution in [-0.4, -0.2) is 27.6 Å². The highest BCUT2D eigenvalue weighted by molar-refractivity contribution is 9.10. The topological polar surface area (TPSA) is 52.0 Å². The average molecular weight is 355 g/mol. The minimum absolute atomic E-state index is 0.317. The lowest BCUT2D eigenvalue weighted by atomic mass is 10.3. The molecule has 0 unspecified atom stereocenters. The standard InChI is InChI=1S/C14H16BrFN4O/c15-13-4-1-10(16)7-14(13)21-6-5-20-9-12(18-19-20)8-17-11-2-3-11/h1,4,7,9,11,17H,2-3,5-6,8H2. The van der Waals surface area contributed by atoms with E-state index in [1.807, 2.05) is 6.20 Å². The highest BCUT2D eigenvalue weighted by Crippen LogP contribution is 2.25. The molecule has 0 saturated heterocycles. The molecule has 2 aromatic rings. The highest BCUT2D eigenvalue weighted by Gasteiger charge is 2.20. The second-order valence-electron chi connectivity index (χ2n) is 5.05. The number of nitrogens with one attached hydrogen (secondary N) is 1. The Morgan fingerprint density at radius 3 is 3.10 bits per heavy atom. The quantitative estimate of drug-likeness (QED) is 0.829. The molecule has 0 radical (unpaired) electrons. The Morgan fingerprint density at radius 1 is 1.43 bits per heavy atom. The fraction of sp³-hybridized carbons (Fsp3) is 0.429. The Morgan fingerprint density at radius 2 is 2.29 bits per heavy atom. The van der Waals surface area contributed by atoms with Crippen molar-refractivity contribution in [3.05, 3.63) is 40.4 Å². The number of nitrogens with zero attached hydrogens (tertiary/aromatic N) is 3. The maximum absolute atomic E-state index is 13.1. The van der Waals surface area contributed by atoms with E-state index in [0.29, 0.717) is 24.9 Å². The Balaban J connectivity index is 1.47. The van der Waals surface area contributed by atoms with E-state index in [4.69, 9.17) is 4.74 Å². The molecule has 0 amide bonds. The third kappa shape index (κ3) is 4.25. The molecular weight excluding hydrogens is 339 g/mol. The van der Waals surface area contributed by atoms with E-state index < -0.39 is 0 Å². The molecule has 5 nitrogen and oxygen atoms in total. The molecule has 1 aromatic heterocycles. The molecule has 7 heteroatoms. The summed E-state index contributed by atoms with van der Waals surface area (Å²) < 4.78 is 21.1. The predicted molar refractivity (Wildman–Crippen MR) is 79.5 cm³/mol. The Kier molecular flexibility index (Phi) is 4.50. The lowest BCUT2D eigenvalue weighted by Gasteiger charge is -2.07. The van der Waals surface area contributed by atoms with Crippen molar-refractivity contribution in [3.63, 3.8) is 0 Å². The minimum atomic E-state index is -0.317. The summed E-state index contributed by atoms with van der Waals surface area (Å²) in [5.74, 6) is 0.174. The van der Waals surface area contributed by atoms with Gasteiger partial charge in [-0.15, -0.1) is 5.10 Å². The van der Waals surface area contributed by atoms with Gasteiger partial charge in [0.25, 0.3) is 0 Å². The van der Waals surface area contributed by atoms with Gasteiger partial charge in [0.05, 0.1) is 16.7 Å². The first-order valence-electron chi connectivity index (χ1n) is 6.91. The molecule has 3 rings (SSSR count). The maximum Gasteiger partial charge on any atom is 0.136 e. The number of hydrogen-bond acceptors (Lipinski definition) is 4. The van der Waals surface area contributed by atoms with E-state index in [2.05, 4.69) is 31.6 Å². The molecule has 1 saturated carbocycles. The van der Waals surface area contributed by atoms with Crippen molar-refractivity contribution in [3.8, 4) is 5.75 Å². The number of ether oxygens (including phenoxy) is 1. The van der Waals surface area contributed by atoms with Gasteiger partial charge in [-0.25, -0.2) is 9.07 Å². The summed E-state index contributed by atoms with van der Waals surface area (Å²) >= 11 is 3.33. The van der Waals surface area contributed by atoms with Crippen LogP contribution in [0.5, 0.6) is 5.75 Å². The molecule has 0 atom stereocenters. The van der Waals surface area contributed by atoms with E-state index >= 15 is 0 Å². The summed E-state index contributed by atoms with van der Waals surface area (Å²) in [5.41, 5.74) is 0.925. The van der Waals surface area contributed by atoms with Crippen molar-refractivity contribution in [2.75, 3.05) is 6.61 Å². The first-order chi connectivity index (χ1) is 10.2. The van der Waals surface area contributed by atoms with Crippen LogP contribution in [0.25, 0.3) is 0 Å². The van der Waals surface area contributed by atoms with E-state index in [-0.39, 0.29) is 5.82 Å². The zero-order chi connectivity index (χ0) is 14.7. The van der Waals surface area contributed by atoms with Crippen LogP contribution in [0.2, 0.25) is 0 Å². The lowest BCUT2D eigenvalue weighted by molar-refractivity contribution is 0.287. The third-order valence-electron chi connectivity index (χ3n) is 3.21. The van der Waals surface area contributed by atoms with Crippen LogP contribution in [0.1, 0.15) is 18.5 Å². The highest BCUT2D eigenvalue weighted by atomic mass is 79.9. The second kappa shape index (κ2) is 6.53. The SMILES string of the molecule is Fc1ccc(Br)c(OCCn2cc(CNC3CC3)nn2)c1. The van der Waals surface area contributed by atoms with Crippen molar-refractivity contribution in [2.24, 2.45) is 0 Å². The smallest absolute Gasteiger partial charge is 0.136 e. The van der Waals surface area contributed by atoms with Gasteiger partial charge in [-0.3, -0.25) is 0 Å². The van der Waals surface area contributed by atoms with Gasteiger partial charge < -0.3 is 10.1 Å². The van der Waals surface area contributed by atoms with Gasteiger partial charge in [0.2, 0.25) is 0 Å². The number of rotatable bonds is 7. The Bertz CT molecular complexity index is 615. The maximum atomic E-state index is 13.1. The molecule has 1 heterocycles. The van der Waals surface area contributed by atoms with E-state index in [1.54, 1.807) is 10.7 Å². The molecule has 0 bridgehead atoms. The van der Waals surface area contributed by atoms with Crippen molar-refractivity contribution in [2.45, 2.75) is 32.0 Å². The van der Waals surface area contributed by atoms with Crippen molar-refractivity contribution in [1.82, 2.24) is 20.3 Å². The Labute approximate surface area is 130 Å². The number of hydrogen-bond donors (Lipinski definition) is 1. The van der Waals surface area contributed by atoms with E-state index in [0.717, 1.165) is 16.7 Å². The first-order valence-corrected chi connectivity index (χ1v) is 7.70. The molecule has 112 valence electrons. The summed E-state index contributed by atoms with van der Waals surface area (Å²) in [6.45, 7) is 1.72. The first kappa shape index (κ1) is 14.5. The van der Waals surface area contributed by atoms with Crippen molar-refractivity contribution in [1.29, 1.82) is 0 Å². The van der Waals surface area contributed by atoms with Gasteiger partial charge in [-0.05, 0) is 40.9 Å². The monoisotopic (exact) mass is 354 g/mol. The largest absolute Gasteiger partial charge is 0.490 e. The Hall–Kier alpha value is -1.47. The van der Waals surface area contributed by atoms with Crippen LogP contribution in [-0.2, 0) is 13.1 Å². The normalized spacial score (nSPS) is 14.4. The van der Waals surface area contributed by atoms with Crippen LogP contribution in [0.3, 0.4) is 0 Å². The summed E-state index contributed by atoms with van der Waals surface area (Å²) in [6.07, 6.45) is 4.41. The molecule has 21 heavy (non-hydrogen) atoms. The van der Waals surface area contributed by atoms with E-state index in [1.165, 1.54) is 25.0 Å². The summed E-state index contributed by atoms with van der Waals surface area (Å²) in [6, 6.07) is 5.02. The zero-order valence-corrected chi connectivity index (χ0v) is 13.0. The van der Waals surface area contributed by atoms with Gasteiger partial charge in [-0.1, -0.05) is 5.21 Å². The van der Waals surface area contributed by atoms with Gasteiger partial charge in [0, 0.05) is 24.8 Å².